The summed E-state index contributed by atoms with van der Waals surface area (Å²) in [7, 11) is 1.67. The maximum Gasteiger partial charge on any atom is 0.254 e. The van der Waals surface area contributed by atoms with E-state index in [2.05, 4.69) is 0 Å². The number of piperidine rings is 1. The van der Waals surface area contributed by atoms with Crippen LogP contribution in [-0.4, -0.2) is 52.0 Å². The minimum atomic E-state index is -0.439. The third-order valence-corrected chi connectivity index (χ3v) is 5.98. The van der Waals surface area contributed by atoms with Crippen LogP contribution in [0.15, 0.2) is 48.5 Å². The third-order valence-electron chi connectivity index (χ3n) is 5.98. The molecule has 2 aromatic rings. The summed E-state index contributed by atoms with van der Waals surface area (Å²) in [6.45, 7) is 0.366. The van der Waals surface area contributed by atoms with Crippen molar-refractivity contribution in [3.8, 4) is 0 Å². The molecule has 0 saturated carbocycles. The molecule has 2 atom stereocenters. The minimum Gasteiger partial charge on any atom is -0.393 e. The van der Waals surface area contributed by atoms with Gasteiger partial charge in [0, 0.05) is 36.8 Å². The van der Waals surface area contributed by atoms with Crippen molar-refractivity contribution >= 4 is 11.8 Å². The number of rotatable bonds is 4. The van der Waals surface area contributed by atoms with Gasteiger partial charge in [-0.15, -0.1) is 0 Å². The highest BCUT2D eigenvalue weighted by Gasteiger charge is 2.42. The normalized spacial score (nSPS) is 23.1. The third kappa shape index (κ3) is 4.03. The molecule has 0 aliphatic carbocycles. The van der Waals surface area contributed by atoms with Crippen LogP contribution < -0.4 is 0 Å². The Balaban J connectivity index is 1.41. The number of fused-ring (bicyclic) bond motifs is 2. The van der Waals surface area contributed by atoms with Crippen LogP contribution in [0.3, 0.4) is 0 Å². The Morgan fingerprint density at radius 1 is 1.07 bits per heavy atom. The number of hydrogen-bond acceptors (Lipinski definition) is 3. The Kier molecular flexibility index (Phi) is 5.37. The predicted octanol–water partition coefficient (Wildman–Crippen LogP) is 3.23. The zero-order valence-corrected chi connectivity index (χ0v) is 16.4. The van der Waals surface area contributed by atoms with Gasteiger partial charge < -0.3 is 14.9 Å². The molecule has 0 spiro atoms. The zero-order valence-electron chi connectivity index (χ0n) is 16.4. The predicted molar refractivity (Wildman–Crippen MR) is 107 cm³/mol. The highest BCUT2D eigenvalue weighted by molar-refractivity contribution is 5.95. The number of aliphatic hydroxyl groups excluding tert-OH is 1. The molecule has 2 aliphatic heterocycles. The van der Waals surface area contributed by atoms with Crippen molar-refractivity contribution < 1.29 is 19.1 Å². The van der Waals surface area contributed by atoms with E-state index in [4.69, 9.17) is 0 Å². The van der Waals surface area contributed by atoms with E-state index in [1.54, 1.807) is 25.2 Å². The molecule has 2 amide bonds. The van der Waals surface area contributed by atoms with Crippen LogP contribution in [0.1, 0.15) is 52.0 Å². The second-order valence-electron chi connectivity index (χ2n) is 8.09. The lowest BCUT2D eigenvalue weighted by Gasteiger charge is -2.37. The van der Waals surface area contributed by atoms with Gasteiger partial charge in [-0.3, -0.25) is 9.59 Å². The first kappa shape index (κ1) is 19.6. The summed E-state index contributed by atoms with van der Waals surface area (Å²) in [4.78, 5) is 28.9. The van der Waals surface area contributed by atoms with Gasteiger partial charge in [-0.1, -0.05) is 18.2 Å². The Morgan fingerprint density at radius 2 is 1.72 bits per heavy atom. The topological polar surface area (TPSA) is 60.9 Å². The van der Waals surface area contributed by atoms with Gasteiger partial charge in [0.25, 0.3) is 11.8 Å². The number of carbonyl (C=O) groups excluding carboxylic acids is 2. The van der Waals surface area contributed by atoms with Crippen LogP contribution in [0.25, 0.3) is 0 Å². The second kappa shape index (κ2) is 7.95. The van der Waals surface area contributed by atoms with Gasteiger partial charge >= 0.3 is 0 Å². The van der Waals surface area contributed by atoms with Crippen molar-refractivity contribution in [2.45, 2.75) is 50.4 Å². The van der Waals surface area contributed by atoms with Gasteiger partial charge in [-0.25, -0.2) is 4.39 Å². The Bertz CT molecular complexity index is 901. The first-order valence-electron chi connectivity index (χ1n) is 10.0. The zero-order chi connectivity index (χ0) is 20.5. The van der Waals surface area contributed by atoms with E-state index in [9.17, 15) is 19.1 Å². The molecule has 1 N–H and O–H groups in total. The molecule has 2 aliphatic rings. The monoisotopic (exact) mass is 396 g/mol. The standard InChI is InChI=1S/C23H25FN2O3/c1-25(22(28)17-3-2-4-18(24)11-17)14-15-5-7-16(8-6-15)23(29)26-19-9-10-20(26)13-21(27)12-19/h2-8,11,19-21,27H,9-10,12-14H2,1H3. The fraction of sp³-hybridized carbons (Fsp3) is 0.391. The lowest BCUT2D eigenvalue weighted by Crippen LogP contribution is -2.48. The van der Waals surface area contributed by atoms with Crippen LogP contribution in [0.4, 0.5) is 4.39 Å². The largest absolute Gasteiger partial charge is 0.393 e. The van der Waals surface area contributed by atoms with Crippen molar-refractivity contribution in [3.05, 3.63) is 71.0 Å². The second-order valence-corrected chi connectivity index (χ2v) is 8.09. The van der Waals surface area contributed by atoms with Crippen molar-refractivity contribution in [2.24, 2.45) is 0 Å². The van der Waals surface area contributed by atoms with Crippen molar-refractivity contribution in [1.29, 1.82) is 0 Å². The van der Waals surface area contributed by atoms with Crippen LogP contribution in [0.5, 0.6) is 0 Å². The number of halogens is 1. The first-order valence-corrected chi connectivity index (χ1v) is 10.0. The maximum atomic E-state index is 13.4. The fourth-order valence-electron chi connectivity index (χ4n) is 4.57. The molecule has 2 aromatic carbocycles. The van der Waals surface area contributed by atoms with E-state index in [0.29, 0.717) is 30.5 Å². The number of benzene rings is 2. The van der Waals surface area contributed by atoms with E-state index in [1.807, 2.05) is 17.0 Å². The van der Waals surface area contributed by atoms with E-state index in [1.165, 1.54) is 23.1 Å². The summed E-state index contributed by atoms with van der Waals surface area (Å²) in [6, 6.07) is 13.2. The molecular weight excluding hydrogens is 371 g/mol. The molecule has 5 nitrogen and oxygen atoms in total. The number of hydrogen-bond donors (Lipinski definition) is 1. The van der Waals surface area contributed by atoms with Crippen molar-refractivity contribution in [2.75, 3.05) is 7.05 Å². The summed E-state index contributed by atoms with van der Waals surface area (Å²) >= 11 is 0. The molecule has 2 saturated heterocycles. The lowest BCUT2D eigenvalue weighted by molar-refractivity contribution is 0.0286. The Morgan fingerprint density at radius 3 is 2.34 bits per heavy atom. The smallest absolute Gasteiger partial charge is 0.254 e. The molecule has 4 rings (SSSR count). The Labute approximate surface area is 169 Å². The first-order chi connectivity index (χ1) is 13.9. The highest BCUT2D eigenvalue weighted by Crippen LogP contribution is 2.36. The lowest BCUT2D eigenvalue weighted by atomic mass is 9.98. The minimum absolute atomic E-state index is 0.0140. The molecule has 29 heavy (non-hydrogen) atoms. The van der Waals surface area contributed by atoms with Gasteiger partial charge in [-0.2, -0.15) is 0 Å². The average Bonchev–Trinajstić information content (AvgIpc) is 2.98. The SMILES string of the molecule is CN(Cc1ccc(C(=O)N2C3CCC2CC(O)C3)cc1)C(=O)c1cccc(F)c1. The van der Waals surface area contributed by atoms with E-state index >= 15 is 0 Å². The molecule has 2 heterocycles. The van der Waals surface area contributed by atoms with Gasteiger partial charge in [0.2, 0.25) is 0 Å². The summed E-state index contributed by atoms with van der Waals surface area (Å²) < 4.78 is 13.4. The van der Waals surface area contributed by atoms with Gasteiger partial charge in [0.05, 0.1) is 6.10 Å². The van der Waals surface area contributed by atoms with Crippen LogP contribution in [0.2, 0.25) is 0 Å². The maximum absolute atomic E-state index is 13.4. The van der Waals surface area contributed by atoms with Gasteiger partial charge in [0.15, 0.2) is 0 Å². The fourth-order valence-corrected chi connectivity index (χ4v) is 4.57. The molecule has 2 fully saturated rings. The number of carbonyl (C=O) groups is 2. The van der Waals surface area contributed by atoms with E-state index in [-0.39, 0.29) is 30.0 Å². The molecular formula is C23H25FN2O3. The number of aliphatic hydroxyl groups is 1. The summed E-state index contributed by atoms with van der Waals surface area (Å²) in [5.74, 6) is -0.681. The molecule has 0 radical (unpaired) electrons. The molecule has 2 unspecified atom stereocenters. The average molecular weight is 396 g/mol. The highest BCUT2D eigenvalue weighted by atomic mass is 19.1. The van der Waals surface area contributed by atoms with Crippen molar-refractivity contribution in [1.82, 2.24) is 9.80 Å². The van der Waals surface area contributed by atoms with E-state index in [0.717, 1.165) is 18.4 Å². The summed E-state index contributed by atoms with van der Waals surface area (Å²) in [6.07, 6.45) is 2.93. The van der Waals surface area contributed by atoms with Gasteiger partial charge in [-0.05, 0) is 61.6 Å². The van der Waals surface area contributed by atoms with Crippen LogP contribution in [0, 0.1) is 5.82 Å². The quantitative estimate of drug-likeness (QED) is 0.863. The molecule has 152 valence electrons. The van der Waals surface area contributed by atoms with Crippen LogP contribution in [-0.2, 0) is 6.54 Å². The van der Waals surface area contributed by atoms with E-state index < -0.39 is 5.82 Å². The molecule has 2 bridgehead atoms. The van der Waals surface area contributed by atoms with Crippen molar-refractivity contribution in [3.63, 3.8) is 0 Å². The summed E-state index contributed by atoms with van der Waals surface area (Å²) in [5, 5.41) is 9.93. The molecule has 6 heteroatoms. The Hall–Kier alpha value is -2.73. The van der Waals surface area contributed by atoms with Gasteiger partial charge in [0.1, 0.15) is 5.82 Å². The van der Waals surface area contributed by atoms with Crippen LogP contribution >= 0.6 is 0 Å². The number of nitrogens with zero attached hydrogens (tertiary/aromatic N) is 2. The molecule has 0 aromatic heterocycles. The number of amides is 2. The summed E-state index contributed by atoms with van der Waals surface area (Å²) in [5.41, 5.74) is 1.83.